The molecule has 120 valence electrons. The molecule has 0 bridgehead atoms. The first-order valence-corrected chi connectivity index (χ1v) is 7.83. The highest BCUT2D eigenvalue weighted by Gasteiger charge is 2.24. The van der Waals surface area contributed by atoms with Crippen molar-refractivity contribution < 1.29 is 14.3 Å². The van der Waals surface area contributed by atoms with Crippen LogP contribution in [0.5, 0.6) is 5.75 Å². The van der Waals surface area contributed by atoms with E-state index in [2.05, 4.69) is 12.2 Å². The van der Waals surface area contributed by atoms with Gasteiger partial charge in [-0.25, -0.2) is 4.79 Å². The van der Waals surface area contributed by atoms with Gasteiger partial charge in [-0.1, -0.05) is 38.0 Å². The van der Waals surface area contributed by atoms with Crippen LogP contribution in [-0.4, -0.2) is 36.5 Å². The summed E-state index contributed by atoms with van der Waals surface area (Å²) >= 11 is 0. The first-order chi connectivity index (χ1) is 10.6. The Balaban J connectivity index is 1.79. The lowest BCUT2D eigenvalue weighted by Crippen LogP contribution is -2.46. The molecule has 1 fully saturated rings. The molecule has 1 aromatic rings. The normalized spacial score (nSPS) is 21.0. The molecule has 0 saturated heterocycles. The lowest BCUT2D eigenvalue weighted by Gasteiger charge is -2.30. The van der Waals surface area contributed by atoms with Crippen LogP contribution in [0.3, 0.4) is 0 Å². The lowest BCUT2D eigenvalue weighted by molar-refractivity contribution is -0.122. The summed E-state index contributed by atoms with van der Waals surface area (Å²) in [5.74, 6) is 0.839. The van der Waals surface area contributed by atoms with Gasteiger partial charge in [-0.05, 0) is 30.9 Å². The van der Waals surface area contributed by atoms with Crippen molar-refractivity contribution in [3.05, 3.63) is 30.3 Å². The fourth-order valence-corrected chi connectivity index (χ4v) is 2.73. The van der Waals surface area contributed by atoms with Crippen LogP contribution < -0.4 is 10.1 Å². The van der Waals surface area contributed by atoms with Crippen molar-refractivity contribution in [1.29, 1.82) is 0 Å². The highest BCUT2D eigenvalue weighted by Crippen LogP contribution is 2.23. The molecule has 1 aromatic carbocycles. The second kappa shape index (κ2) is 7.82. The summed E-state index contributed by atoms with van der Waals surface area (Å²) in [7, 11) is 1.56. The van der Waals surface area contributed by atoms with E-state index in [-0.39, 0.29) is 18.5 Å². The standard InChI is InChI=1S/C17H24N2O3/c1-13-8-6-7-11-15(13)18-16(20)12-19(2)17(21)22-14-9-4-3-5-10-14/h3-5,9-10,13,15H,6-8,11-12H2,1-2H3,(H,18,20)/t13-,15-/m0/s1. The van der Waals surface area contributed by atoms with Gasteiger partial charge in [-0.3, -0.25) is 4.79 Å². The monoisotopic (exact) mass is 304 g/mol. The molecular weight excluding hydrogens is 280 g/mol. The summed E-state index contributed by atoms with van der Waals surface area (Å²) < 4.78 is 5.20. The van der Waals surface area contributed by atoms with Gasteiger partial charge in [-0.2, -0.15) is 0 Å². The number of benzene rings is 1. The van der Waals surface area contributed by atoms with Gasteiger partial charge in [0.2, 0.25) is 5.91 Å². The number of likely N-dealkylation sites (N-methyl/N-ethyl adjacent to an activating group) is 1. The molecule has 5 heteroatoms. The number of rotatable bonds is 4. The third kappa shape index (κ3) is 4.76. The van der Waals surface area contributed by atoms with Crippen LogP contribution in [-0.2, 0) is 4.79 Å². The number of amides is 2. The largest absolute Gasteiger partial charge is 0.415 e. The highest BCUT2D eigenvalue weighted by molar-refractivity contribution is 5.82. The second-order valence-electron chi connectivity index (χ2n) is 5.97. The summed E-state index contributed by atoms with van der Waals surface area (Å²) in [5.41, 5.74) is 0. The predicted octanol–water partition coefficient (Wildman–Crippen LogP) is 2.81. The van der Waals surface area contributed by atoms with Gasteiger partial charge in [0.25, 0.3) is 0 Å². The molecule has 1 aliphatic carbocycles. The van der Waals surface area contributed by atoms with Gasteiger partial charge >= 0.3 is 6.09 Å². The molecule has 22 heavy (non-hydrogen) atoms. The third-order valence-corrected chi connectivity index (χ3v) is 4.10. The van der Waals surface area contributed by atoms with Crippen molar-refractivity contribution >= 4 is 12.0 Å². The molecule has 5 nitrogen and oxygen atoms in total. The molecular formula is C17H24N2O3. The van der Waals surface area contributed by atoms with E-state index in [4.69, 9.17) is 4.74 Å². The maximum atomic E-state index is 12.1. The van der Waals surface area contributed by atoms with E-state index in [9.17, 15) is 9.59 Å². The molecule has 2 amide bonds. The Morgan fingerprint density at radius 3 is 2.59 bits per heavy atom. The number of para-hydroxylation sites is 1. The Hall–Kier alpha value is -2.04. The summed E-state index contributed by atoms with van der Waals surface area (Å²) in [4.78, 5) is 25.3. The number of ether oxygens (including phenoxy) is 1. The van der Waals surface area contributed by atoms with Crippen molar-refractivity contribution in [3.8, 4) is 5.75 Å². The zero-order valence-corrected chi connectivity index (χ0v) is 13.2. The van der Waals surface area contributed by atoms with Gasteiger partial charge < -0.3 is 15.0 Å². The predicted molar refractivity (Wildman–Crippen MR) is 84.7 cm³/mol. The SMILES string of the molecule is C[C@H]1CCCC[C@@H]1NC(=O)CN(C)C(=O)Oc1ccccc1. The molecule has 0 aliphatic heterocycles. The van der Waals surface area contributed by atoms with Crippen molar-refractivity contribution in [2.45, 2.75) is 38.6 Å². The maximum absolute atomic E-state index is 12.1. The average molecular weight is 304 g/mol. The number of carbonyl (C=O) groups excluding carboxylic acids is 2. The van der Waals surface area contributed by atoms with Crippen LogP contribution in [0.2, 0.25) is 0 Å². The van der Waals surface area contributed by atoms with Crippen molar-refractivity contribution in [2.24, 2.45) is 5.92 Å². The summed E-state index contributed by atoms with van der Waals surface area (Å²) in [6, 6.07) is 9.06. The van der Waals surface area contributed by atoms with Crippen LogP contribution in [0.1, 0.15) is 32.6 Å². The minimum Gasteiger partial charge on any atom is -0.410 e. The first kappa shape index (κ1) is 16.3. The Kier molecular flexibility index (Phi) is 5.81. The molecule has 1 N–H and O–H groups in total. The summed E-state index contributed by atoms with van der Waals surface area (Å²) in [5, 5.41) is 3.03. The van der Waals surface area contributed by atoms with E-state index in [1.54, 1.807) is 31.3 Å². The maximum Gasteiger partial charge on any atom is 0.415 e. The molecule has 1 saturated carbocycles. The molecule has 1 aliphatic rings. The van der Waals surface area contributed by atoms with Crippen molar-refractivity contribution in [1.82, 2.24) is 10.2 Å². The molecule has 2 atom stereocenters. The minimum atomic E-state index is -0.530. The topological polar surface area (TPSA) is 58.6 Å². The molecule has 0 spiro atoms. The minimum absolute atomic E-state index is 0.00882. The zero-order chi connectivity index (χ0) is 15.9. The number of carbonyl (C=O) groups is 2. The van der Waals surface area contributed by atoms with Crippen LogP contribution in [0.4, 0.5) is 4.79 Å². The number of nitrogens with zero attached hydrogens (tertiary/aromatic N) is 1. The van der Waals surface area contributed by atoms with Gasteiger partial charge in [0.05, 0.1) is 0 Å². The van der Waals surface area contributed by atoms with E-state index >= 15 is 0 Å². The smallest absolute Gasteiger partial charge is 0.410 e. The molecule has 0 unspecified atom stereocenters. The number of hydrogen-bond donors (Lipinski definition) is 1. The number of nitrogens with one attached hydrogen (secondary N) is 1. The quantitative estimate of drug-likeness (QED) is 0.930. The van der Waals surface area contributed by atoms with Gasteiger partial charge in [0.1, 0.15) is 12.3 Å². The fourth-order valence-electron chi connectivity index (χ4n) is 2.73. The summed E-state index contributed by atoms with van der Waals surface area (Å²) in [6.45, 7) is 2.17. The van der Waals surface area contributed by atoms with Gasteiger partial charge in [0.15, 0.2) is 0 Å². The Labute approximate surface area is 131 Å². The second-order valence-corrected chi connectivity index (χ2v) is 5.97. The van der Waals surface area contributed by atoms with Crippen LogP contribution in [0.15, 0.2) is 30.3 Å². The van der Waals surface area contributed by atoms with E-state index in [1.165, 1.54) is 11.3 Å². The van der Waals surface area contributed by atoms with Crippen molar-refractivity contribution in [2.75, 3.05) is 13.6 Å². The third-order valence-electron chi connectivity index (χ3n) is 4.10. The van der Waals surface area contributed by atoms with E-state index in [0.717, 1.165) is 19.3 Å². The Morgan fingerprint density at radius 2 is 1.91 bits per heavy atom. The van der Waals surface area contributed by atoms with E-state index < -0.39 is 6.09 Å². The first-order valence-electron chi connectivity index (χ1n) is 7.83. The summed E-state index contributed by atoms with van der Waals surface area (Å²) in [6.07, 6.45) is 4.03. The molecule has 0 radical (unpaired) electrons. The lowest BCUT2D eigenvalue weighted by atomic mass is 9.86. The van der Waals surface area contributed by atoms with Crippen molar-refractivity contribution in [3.63, 3.8) is 0 Å². The van der Waals surface area contributed by atoms with Gasteiger partial charge in [-0.15, -0.1) is 0 Å². The fraction of sp³-hybridized carbons (Fsp3) is 0.529. The van der Waals surface area contributed by atoms with E-state index in [1.807, 2.05) is 6.07 Å². The molecule has 0 aromatic heterocycles. The molecule has 2 rings (SSSR count). The van der Waals surface area contributed by atoms with Crippen LogP contribution in [0, 0.1) is 5.92 Å². The Morgan fingerprint density at radius 1 is 1.23 bits per heavy atom. The zero-order valence-electron chi connectivity index (χ0n) is 13.2. The average Bonchev–Trinajstić information content (AvgIpc) is 2.50. The van der Waals surface area contributed by atoms with E-state index in [0.29, 0.717) is 11.7 Å². The van der Waals surface area contributed by atoms with Crippen LogP contribution >= 0.6 is 0 Å². The Bertz CT molecular complexity index is 504. The van der Waals surface area contributed by atoms with Gasteiger partial charge in [0, 0.05) is 13.1 Å². The highest BCUT2D eigenvalue weighted by atomic mass is 16.6. The van der Waals surface area contributed by atoms with Crippen LogP contribution in [0.25, 0.3) is 0 Å². The number of hydrogen-bond acceptors (Lipinski definition) is 3. The molecule has 0 heterocycles.